The number of ether oxygens (including phenoxy) is 1. The molecular weight excluding hydrogens is 314 g/mol. The van der Waals surface area contributed by atoms with Crippen LogP contribution in [0.1, 0.15) is 31.1 Å². The topological polar surface area (TPSA) is 27.1 Å². The fourth-order valence-corrected chi connectivity index (χ4v) is 3.57. The van der Waals surface area contributed by atoms with Gasteiger partial charge in [0.15, 0.2) is 0 Å². The molecule has 3 rings (SSSR count). The van der Waals surface area contributed by atoms with Crippen LogP contribution in [-0.2, 0) is 11.2 Å². The molecular formula is C15H17Cl2FN2O. The Balaban J connectivity index is 2.17. The van der Waals surface area contributed by atoms with Gasteiger partial charge in [-0.05, 0) is 25.3 Å². The summed E-state index contributed by atoms with van der Waals surface area (Å²) >= 11 is 11.8. The largest absolute Gasteiger partial charge is 0.379 e. The standard InChI is InChI=1S/C15H17Cl2FN2O/c1-21-14-4-2-3-12(14)20-13-7-9(17)10(18)8-11(13)19-15(20)5-6-16/h7-8,12,14H,2-6H2,1H3. The summed E-state index contributed by atoms with van der Waals surface area (Å²) in [6.07, 6.45) is 3.95. The van der Waals surface area contributed by atoms with Crippen LogP contribution in [0.15, 0.2) is 12.1 Å². The average Bonchev–Trinajstić information content (AvgIpc) is 3.03. The Kier molecular flexibility index (Phi) is 4.38. The van der Waals surface area contributed by atoms with Crippen LogP contribution in [0.25, 0.3) is 11.0 Å². The minimum absolute atomic E-state index is 0.119. The highest BCUT2D eigenvalue weighted by molar-refractivity contribution is 6.31. The lowest BCUT2D eigenvalue weighted by Gasteiger charge is -2.22. The van der Waals surface area contributed by atoms with Gasteiger partial charge < -0.3 is 9.30 Å². The first-order valence-electron chi connectivity index (χ1n) is 7.10. The van der Waals surface area contributed by atoms with Gasteiger partial charge >= 0.3 is 0 Å². The molecule has 1 heterocycles. The van der Waals surface area contributed by atoms with E-state index in [2.05, 4.69) is 9.55 Å². The van der Waals surface area contributed by atoms with Crippen LogP contribution < -0.4 is 0 Å². The number of hydrogen-bond donors (Lipinski definition) is 0. The van der Waals surface area contributed by atoms with Crippen molar-refractivity contribution >= 4 is 34.2 Å². The highest BCUT2D eigenvalue weighted by Crippen LogP contribution is 2.36. The zero-order valence-electron chi connectivity index (χ0n) is 11.8. The molecule has 1 fully saturated rings. The van der Waals surface area contributed by atoms with Crippen molar-refractivity contribution in [1.29, 1.82) is 0 Å². The molecule has 0 radical (unpaired) electrons. The van der Waals surface area contributed by atoms with E-state index in [1.54, 1.807) is 13.2 Å². The number of benzene rings is 1. The fourth-order valence-electron chi connectivity index (χ4n) is 3.25. The van der Waals surface area contributed by atoms with E-state index < -0.39 is 5.82 Å². The first kappa shape index (κ1) is 15.1. The predicted octanol–water partition coefficient (Wildman–Crippen LogP) is 4.35. The van der Waals surface area contributed by atoms with Gasteiger partial charge in [0.1, 0.15) is 11.6 Å². The quantitative estimate of drug-likeness (QED) is 0.779. The molecule has 1 saturated carbocycles. The third kappa shape index (κ3) is 2.65. The second kappa shape index (κ2) is 6.11. The number of methoxy groups -OCH3 is 1. The van der Waals surface area contributed by atoms with Gasteiger partial charge in [0.05, 0.1) is 28.2 Å². The van der Waals surface area contributed by atoms with Crippen molar-refractivity contribution in [2.75, 3.05) is 13.0 Å². The number of aromatic nitrogens is 2. The predicted molar refractivity (Wildman–Crippen MR) is 82.8 cm³/mol. The lowest BCUT2D eigenvalue weighted by Crippen LogP contribution is -2.22. The Morgan fingerprint density at radius 1 is 1.43 bits per heavy atom. The molecule has 21 heavy (non-hydrogen) atoms. The van der Waals surface area contributed by atoms with Crippen molar-refractivity contribution in [1.82, 2.24) is 9.55 Å². The van der Waals surface area contributed by atoms with Crippen LogP contribution in [0.3, 0.4) is 0 Å². The molecule has 0 bridgehead atoms. The highest BCUT2D eigenvalue weighted by atomic mass is 35.5. The Hall–Kier alpha value is -0.840. The Labute approximate surface area is 133 Å². The summed E-state index contributed by atoms with van der Waals surface area (Å²) in [7, 11) is 1.73. The maximum atomic E-state index is 13.7. The summed E-state index contributed by atoms with van der Waals surface area (Å²) in [5.41, 5.74) is 1.48. The van der Waals surface area contributed by atoms with E-state index in [4.69, 9.17) is 27.9 Å². The summed E-state index contributed by atoms with van der Waals surface area (Å²) in [6.45, 7) is 0. The van der Waals surface area contributed by atoms with Crippen LogP contribution in [0, 0.1) is 5.82 Å². The maximum Gasteiger partial charge on any atom is 0.144 e. The second-order valence-corrected chi connectivity index (χ2v) is 6.15. The van der Waals surface area contributed by atoms with Crippen molar-refractivity contribution in [3.05, 3.63) is 28.8 Å². The smallest absolute Gasteiger partial charge is 0.144 e. The van der Waals surface area contributed by atoms with E-state index in [0.717, 1.165) is 30.6 Å². The summed E-state index contributed by atoms with van der Waals surface area (Å²) < 4.78 is 21.4. The van der Waals surface area contributed by atoms with E-state index in [1.165, 1.54) is 6.07 Å². The molecule has 3 nitrogen and oxygen atoms in total. The van der Waals surface area contributed by atoms with Crippen LogP contribution in [-0.4, -0.2) is 28.6 Å². The van der Waals surface area contributed by atoms with Crippen molar-refractivity contribution in [2.45, 2.75) is 37.8 Å². The van der Waals surface area contributed by atoms with Crippen LogP contribution >= 0.6 is 23.2 Å². The van der Waals surface area contributed by atoms with Crippen molar-refractivity contribution in [2.24, 2.45) is 0 Å². The summed E-state index contributed by atoms with van der Waals surface area (Å²) in [5, 5.41) is 0.119. The number of imidazole rings is 1. The van der Waals surface area contributed by atoms with E-state index in [0.29, 0.717) is 17.8 Å². The van der Waals surface area contributed by atoms with Crippen molar-refractivity contribution in [3.63, 3.8) is 0 Å². The van der Waals surface area contributed by atoms with Gasteiger partial charge in [0, 0.05) is 25.5 Å². The molecule has 1 aromatic carbocycles. The summed E-state index contributed by atoms with van der Waals surface area (Å²) in [5.74, 6) is 0.903. The number of hydrogen-bond acceptors (Lipinski definition) is 2. The fraction of sp³-hybridized carbons (Fsp3) is 0.533. The van der Waals surface area contributed by atoms with Gasteiger partial charge in [-0.2, -0.15) is 0 Å². The number of alkyl halides is 1. The van der Waals surface area contributed by atoms with Crippen LogP contribution in [0.4, 0.5) is 4.39 Å². The molecule has 0 saturated heterocycles. The normalized spacial score (nSPS) is 22.3. The van der Waals surface area contributed by atoms with Gasteiger partial charge in [-0.15, -0.1) is 11.6 Å². The molecule has 114 valence electrons. The summed E-state index contributed by atoms with van der Waals surface area (Å²) in [6, 6.07) is 3.25. The molecule has 2 aromatic rings. The minimum Gasteiger partial charge on any atom is -0.379 e. The molecule has 2 atom stereocenters. The third-order valence-corrected chi connectivity index (χ3v) is 4.65. The lowest BCUT2D eigenvalue weighted by molar-refractivity contribution is 0.0753. The number of rotatable bonds is 4. The second-order valence-electron chi connectivity index (χ2n) is 5.36. The molecule has 0 aliphatic heterocycles. The number of fused-ring (bicyclic) bond motifs is 1. The zero-order chi connectivity index (χ0) is 15.0. The Morgan fingerprint density at radius 3 is 2.95 bits per heavy atom. The van der Waals surface area contributed by atoms with E-state index in [1.807, 2.05) is 0 Å². The number of nitrogens with zero attached hydrogens (tertiary/aromatic N) is 2. The number of aryl methyl sites for hydroxylation is 1. The monoisotopic (exact) mass is 330 g/mol. The first-order valence-corrected chi connectivity index (χ1v) is 8.01. The Bertz CT molecular complexity index is 659. The van der Waals surface area contributed by atoms with E-state index in [-0.39, 0.29) is 17.2 Å². The Morgan fingerprint density at radius 2 is 2.24 bits per heavy atom. The molecule has 1 aliphatic carbocycles. The highest BCUT2D eigenvalue weighted by Gasteiger charge is 2.31. The molecule has 0 spiro atoms. The van der Waals surface area contributed by atoms with Crippen LogP contribution in [0.5, 0.6) is 0 Å². The molecule has 0 amide bonds. The third-order valence-electron chi connectivity index (χ3n) is 4.17. The SMILES string of the molecule is COC1CCCC1n1c(CCCl)nc2cc(F)c(Cl)cc21. The van der Waals surface area contributed by atoms with Gasteiger partial charge in [-0.3, -0.25) is 0 Å². The van der Waals surface area contributed by atoms with E-state index in [9.17, 15) is 4.39 Å². The van der Waals surface area contributed by atoms with Crippen molar-refractivity contribution < 1.29 is 9.13 Å². The molecule has 6 heteroatoms. The van der Waals surface area contributed by atoms with Gasteiger partial charge in [-0.25, -0.2) is 9.37 Å². The molecule has 1 aromatic heterocycles. The van der Waals surface area contributed by atoms with E-state index >= 15 is 0 Å². The van der Waals surface area contributed by atoms with Gasteiger partial charge in [0.2, 0.25) is 0 Å². The maximum absolute atomic E-state index is 13.7. The molecule has 0 N–H and O–H groups in total. The van der Waals surface area contributed by atoms with Crippen molar-refractivity contribution in [3.8, 4) is 0 Å². The molecule has 2 unspecified atom stereocenters. The molecule has 1 aliphatic rings. The van der Waals surface area contributed by atoms with Crippen LogP contribution in [0.2, 0.25) is 5.02 Å². The average molecular weight is 331 g/mol. The minimum atomic E-state index is -0.444. The lowest BCUT2D eigenvalue weighted by atomic mass is 10.2. The van der Waals surface area contributed by atoms with Gasteiger partial charge in [0.25, 0.3) is 0 Å². The summed E-state index contributed by atoms with van der Waals surface area (Å²) in [4.78, 5) is 4.54. The number of halogens is 3. The zero-order valence-corrected chi connectivity index (χ0v) is 13.3. The first-order chi connectivity index (χ1) is 10.2. The van der Waals surface area contributed by atoms with Gasteiger partial charge in [-0.1, -0.05) is 11.6 Å².